The zero-order chi connectivity index (χ0) is 21.2. The van der Waals surface area contributed by atoms with Gasteiger partial charge in [-0.1, -0.05) is 17.7 Å². The topological polar surface area (TPSA) is 68.2 Å². The molecule has 0 spiro atoms. The molecule has 3 aromatic rings. The van der Waals surface area contributed by atoms with Crippen molar-refractivity contribution in [2.24, 2.45) is 7.05 Å². The highest BCUT2D eigenvalue weighted by Crippen LogP contribution is 2.38. The number of hydrogen-bond acceptors (Lipinski definition) is 3. The summed E-state index contributed by atoms with van der Waals surface area (Å²) in [6, 6.07) is 10.5. The molecule has 1 aromatic heterocycles. The number of rotatable bonds is 4. The molecule has 0 atom stereocenters. The van der Waals surface area contributed by atoms with Gasteiger partial charge in [0.15, 0.2) is 0 Å². The summed E-state index contributed by atoms with van der Waals surface area (Å²) in [5, 5.41) is 9.28. The van der Waals surface area contributed by atoms with Crippen molar-refractivity contribution in [1.82, 2.24) is 9.78 Å². The van der Waals surface area contributed by atoms with Crippen molar-refractivity contribution in [2.75, 3.05) is 10.6 Å². The Bertz CT molecular complexity index is 1010. The van der Waals surface area contributed by atoms with Gasteiger partial charge in [-0.15, -0.1) is 13.2 Å². The van der Waals surface area contributed by atoms with Gasteiger partial charge in [-0.05, 0) is 53.2 Å². The van der Waals surface area contributed by atoms with Gasteiger partial charge < -0.3 is 15.4 Å². The summed E-state index contributed by atoms with van der Waals surface area (Å²) in [5.41, 5.74) is 2.39. The number of amides is 2. The Morgan fingerprint density at radius 3 is 2.31 bits per heavy atom. The predicted octanol–water partition coefficient (Wildman–Crippen LogP) is 5.70. The van der Waals surface area contributed by atoms with Crippen LogP contribution < -0.4 is 15.4 Å². The molecule has 0 aliphatic heterocycles. The third-order valence-electron chi connectivity index (χ3n) is 3.92. The summed E-state index contributed by atoms with van der Waals surface area (Å²) in [5.74, 6) is -0.411. The van der Waals surface area contributed by atoms with E-state index in [0.29, 0.717) is 15.9 Å². The summed E-state index contributed by atoms with van der Waals surface area (Å²) < 4.78 is 44.5. The standard InChI is InChI=1S/C19H16BrF3N4O2/c1-11-3-5-12(6-4-11)25-18(28)26-13-7-8-16(29-19(21,22)23)14(9-13)17-15(20)10-24-27(17)2/h3-10H,1-2H3,(H2,25,26,28). The van der Waals surface area contributed by atoms with E-state index in [1.54, 1.807) is 19.2 Å². The second kappa shape index (κ2) is 8.16. The van der Waals surface area contributed by atoms with Crippen LogP contribution in [0.1, 0.15) is 5.56 Å². The van der Waals surface area contributed by atoms with Crippen LogP contribution in [0.15, 0.2) is 53.1 Å². The van der Waals surface area contributed by atoms with Crippen LogP contribution >= 0.6 is 15.9 Å². The van der Waals surface area contributed by atoms with Crippen LogP contribution in [0.3, 0.4) is 0 Å². The molecular formula is C19H16BrF3N4O2. The molecule has 0 saturated heterocycles. The van der Waals surface area contributed by atoms with E-state index in [-0.39, 0.29) is 11.3 Å². The average Bonchev–Trinajstić information content (AvgIpc) is 2.95. The molecule has 0 aliphatic carbocycles. The first-order valence-electron chi connectivity index (χ1n) is 8.35. The van der Waals surface area contributed by atoms with Crippen molar-refractivity contribution in [3.8, 4) is 17.0 Å². The highest BCUT2D eigenvalue weighted by atomic mass is 79.9. The van der Waals surface area contributed by atoms with Crippen LogP contribution in [0.2, 0.25) is 0 Å². The van der Waals surface area contributed by atoms with Crippen LogP contribution in [0.25, 0.3) is 11.3 Å². The normalized spacial score (nSPS) is 11.2. The second-order valence-corrected chi connectivity index (χ2v) is 7.02. The average molecular weight is 469 g/mol. The van der Waals surface area contributed by atoms with E-state index >= 15 is 0 Å². The monoisotopic (exact) mass is 468 g/mol. The van der Waals surface area contributed by atoms with Crippen molar-refractivity contribution in [2.45, 2.75) is 13.3 Å². The fourth-order valence-electron chi connectivity index (χ4n) is 2.65. The largest absolute Gasteiger partial charge is 0.573 e. The molecule has 0 aliphatic rings. The zero-order valence-corrected chi connectivity index (χ0v) is 16.9. The molecule has 152 valence electrons. The van der Waals surface area contributed by atoms with Crippen molar-refractivity contribution >= 4 is 33.3 Å². The van der Waals surface area contributed by atoms with Crippen molar-refractivity contribution in [3.05, 3.63) is 58.7 Å². The molecule has 10 heteroatoms. The van der Waals surface area contributed by atoms with E-state index < -0.39 is 18.1 Å². The smallest absolute Gasteiger partial charge is 0.405 e. The van der Waals surface area contributed by atoms with Gasteiger partial charge in [0.05, 0.1) is 16.4 Å². The van der Waals surface area contributed by atoms with Crippen LogP contribution in [0.5, 0.6) is 5.75 Å². The summed E-state index contributed by atoms with van der Waals surface area (Å²) in [6.45, 7) is 1.92. The lowest BCUT2D eigenvalue weighted by Gasteiger charge is -2.16. The minimum absolute atomic E-state index is 0.113. The number of ether oxygens (including phenoxy) is 1. The molecule has 0 bridgehead atoms. The lowest BCUT2D eigenvalue weighted by Crippen LogP contribution is -2.20. The Morgan fingerprint density at radius 2 is 1.72 bits per heavy atom. The maximum absolute atomic E-state index is 12.8. The van der Waals surface area contributed by atoms with Crippen molar-refractivity contribution < 1.29 is 22.7 Å². The van der Waals surface area contributed by atoms with Gasteiger partial charge >= 0.3 is 12.4 Å². The highest BCUT2D eigenvalue weighted by molar-refractivity contribution is 9.10. The van der Waals surface area contributed by atoms with Gasteiger partial charge in [-0.25, -0.2) is 4.79 Å². The van der Waals surface area contributed by atoms with Crippen LogP contribution in [-0.2, 0) is 7.05 Å². The first-order chi connectivity index (χ1) is 13.6. The third-order valence-corrected chi connectivity index (χ3v) is 4.50. The number of alkyl halides is 3. The summed E-state index contributed by atoms with van der Waals surface area (Å²) in [6.07, 6.45) is -3.41. The van der Waals surface area contributed by atoms with Gasteiger partial charge in [0.1, 0.15) is 5.75 Å². The minimum Gasteiger partial charge on any atom is -0.405 e. The van der Waals surface area contributed by atoms with Gasteiger partial charge in [-0.2, -0.15) is 5.10 Å². The molecule has 0 unspecified atom stereocenters. The van der Waals surface area contributed by atoms with Crippen LogP contribution in [-0.4, -0.2) is 22.2 Å². The van der Waals surface area contributed by atoms with E-state index in [1.165, 1.54) is 23.0 Å². The summed E-state index contributed by atoms with van der Waals surface area (Å²) in [4.78, 5) is 12.3. The van der Waals surface area contributed by atoms with Gasteiger partial charge in [0.2, 0.25) is 0 Å². The second-order valence-electron chi connectivity index (χ2n) is 6.17. The molecule has 3 rings (SSSR count). The summed E-state index contributed by atoms with van der Waals surface area (Å²) in [7, 11) is 1.58. The Balaban J connectivity index is 1.89. The highest BCUT2D eigenvalue weighted by Gasteiger charge is 2.33. The number of carbonyl (C=O) groups excluding carboxylic acids is 1. The van der Waals surface area contributed by atoms with E-state index in [0.717, 1.165) is 11.6 Å². The fourth-order valence-corrected chi connectivity index (χ4v) is 3.21. The van der Waals surface area contributed by atoms with Crippen LogP contribution in [0.4, 0.5) is 29.3 Å². The SMILES string of the molecule is Cc1ccc(NC(=O)Nc2ccc(OC(F)(F)F)c(-c3c(Br)cnn3C)c2)cc1. The molecule has 6 nitrogen and oxygen atoms in total. The maximum Gasteiger partial charge on any atom is 0.573 e. The zero-order valence-electron chi connectivity index (χ0n) is 15.3. The predicted molar refractivity (Wildman–Crippen MR) is 107 cm³/mol. The Kier molecular flexibility index (Phi) is 5.83. The first-order valence-corrected chi connectivity index (χ1v) is 9.14. The molecule has 2 N–H and O–H groups in total. The van der Waals surface area contributed by atoms with Gasteiger partial charge in [0.25, 0.3) is 0 Å². The number of nitrogens with one attached hydrogen (secondary N) is 2. The lowest BCUT2D eigenvalue weighted by molar-refractivity contribution is -0.274. The number of aryl methyl sites for hydroxylation is 2. The third kappa shape index (κ3) is 5.29. The molecule has 2 amide bonds. The van der Waals surface area contributed by atoms with E-state index in [2.05, 4.69) is 36.4 Å². The number of aromatic nitrogens is 2. The number of hydrogen-bond donors (Lipinski definition) is 2. The van der Waals surface area contributed by atoms with Crippen molar-refractivity contribution in [3.63, 3.8) is 0 Å². The number of urea groups is 1. The van der Waals surface area contributed by atoms with E-state index in [9.17, 15) is 18.0 Å². The maximum atomic E-state index is 12.8. The number of carbonyl (C=O) groups is 1. The number of nitrogens with zero attached hydrogens (tertiary/aromatic N) is 2. The Hall–Kier alpha value is -3.01. The van der Waals surface area contributed by atoms with Crippen LogP contribution in [0, 0.1) is 6.92 Å². The number of benzene rings is 2. The van der Waals surface area contributed by atoms with Crippen molar-refractivity contribution in [1.29, 1.82) is 0 Å². The molecule has 1 heterocycles. The van der Waals surface area contributed by atoms with E-state index in [1.807, 2.05) is 19.1 Å². The quantitative estimate of drug-likeness (QED) is 0.515. The molecular weight excluding hydrogens is 453 g/mol. The molecule has 0 saturated carbocycles. The fraction of sp³-hybridized carbons (Fsp3) is 0.158. The van der Waals surface area contributed by atoms with Gasteiger partial charge in [-0.3, -0.25) is 4.68 Å². The van der Waals surface area contributed by atoms with Gasteiger partial charge in [0, 0.05) is 24.0 Å². The lowest BCUT2D eigenvalue weighted by atomic mass is 10.1. The molecule has 29 heavy (non-hydrogen) atoms. The Labute approximate surface area is 172 Å². The Morgan fingerprint density at radius 1 is 1.10 bits per heavy atom. The minimum atomic E-state index is -4.86. The molecule has 2 aromatic carbocycles. The number of halogens is 4. The summed E-state index contributed by atoms with van der Waals surface area (Å²) >= 11 is 3.27. The van der Waals surface area contributed by atoms with E-state index in [4.69, 9.17) is 0 Å². The molecule has 0 radical (unpaired) electrons. The first kappa shape index (κ1) is 20.7. The molecule has 0 fully saturated rings. The number of anilines is 2.